The van der Waals surface area contributed by atoms with Gasteiger partial charge in [0.15, 0.2) is 0 Å². The predicted octanol–water partition coefficient (Wildman–Crippen LogP) is 0.152. The molecule has 3 rings (SSSR count). The molecule has 156 valence electrons. The molecule has 1 heterocycles. The Morgan fingerprint density at radius 2 is 1.52 bits per heavy atom. The van der Waals surface area contributed by atoms with Crippen molar-refractivity contribution in [2.75, 3.05) is 6.61 Å². The Bertz CT molecular complexity index is 860. The first-order valence-electron chi connectivity index (χ1n) is 8.80. The second kappa shape index (κ2) is 8.68. The van der Waals surface area contributed by atoms with Crippen molar-refractivity contribution in [1.29, 1.82) is 0 Å². The minimum absolute atomic E-state index is 0.0926. The molecule has 5 atom stereocenters. The highest BCUT2D eigenvalue weighted by Gasteiger charge is 2.44. The average Bonchev–Trinajstić information content (AvgIpc) is 2.67. The third-order valence-corrected chi connectivity index (χ3v) is 4.47. The van der Waals surface area contributed by atoms with Crippen molar-refractivity contribution in [3.8, 4) is 23.0 Å². The van der Waals surface area contributed by atoms with Crippen LogP contribution >= 0.6 is 0 Å². The van der Waals surface area contributed by atoms with Crippen molar-refractivity contribution >= 4 is 12.2 Å². The van der Waals surface area contributed by atoms with Crippen LogP contribution in [0.15, 0.2) is 36.4 Å². The zero-order valence-electron chi connectivity index (χ0n) is 15.2. The highest BCUT2D eigenvalue weighted by molar-refractivity contribution is 5.74. The summed E-state index contributed by atoms with van der Waals surface area (Å²) in [5.41, 5.74) is 0.942. The molecule has 2 aromatic carbocycles. The van der Waals surface area contributed by atoms with Crippen molar-refractivity contribution < 1.29 is 45.2 Å². The molecule has 0 spiro atoms. The summed E-state index contributed by atoms with van der Waals surface area (Å²) < 4.78 is 10.9. The Labute approximate surface area is 165 Å². The summed E-state index contributed by atoms with van der Waals surface area (Å²) in [4.78, 5) is 0. The van der Waals surface area contributed by atoms with E-state index in [4.69, 9.17) is 9.47 Å². The first-order valence-corrected chi connectivity index (χ1v) is 8.80. The van der Waals surface area contributed by atoms with E-state index in [0.717, 1.165) is 0 Å². The summed E-state index contributed by atoms with van der Waals surface area (Å²) in [6.45, 7) is -0.599. The fraction of sp³-hybridized carbons (Fsp3) is 0.300. The minimum atomic E-state index is -1.60. The molecular weight excluding hydrogens is 384 g/mol. The van der Waals surface area contributed by atoms with Crippen LogP contribution < -0.4 is 4.74 Å². The quantitative estimate of drug-likeness (QED) is 0.343. The van der Waals surface area contributed by atoms with E-state index in [1.165, 1.54) is 36.4 Å². The summed E-state index contributed by atoms with van der Waals surface area (Å²) >= 11 is 0. The van der Waals surface area contributed by atoms with E-state index in [1.807, 2.05) is 0 Å². The Morgan fingerprint density at radius 1 is 0.828 bits per heavy atom. The van der Waals surface area contributed by atoms with E-state index in [9.17, 15) is 35.7 Å². The van der Waals surface area contributed by atoms with Gasteiger partial charge in [0.25, 0.3) is 0 Å². The zero-order chi connectivity index (χ0) is 21.1. The number of ether oxygens (including phenoxy) is 2. The molecule has 1 saturated heterocycles. The van der Waals surface area contributed by atoms with Crippen molar-refractivity contribution in [3.63, 3.8) is 0 Å². The molecule has 1 aliphatic rings. The normalized spacial score (nSPS) is 27.2. The lowest BCUT2D eigenvalue weighted by Gasteiger charge is -2.39. The largest absolute Gasteiger partial charge is 0.508 e. The number of aliphatic hydroxyl groups excluding tert-OH is 4. The summed E-state index contributed by atoms with van der Waals surface area (Å²) in [5.74, 6) is -0.270. The number of hydrogen-bond donors (Lipinski definition) is 7. The molecule has 0 aromatic heterocycles. The Morgan fingerprint density at radius 3 is 2.17 bits per heavy atom. The van der Waals surface area contributed by atoms with Crippen molar-refractivity contribution in [3.05, 3.63) is 47.5 Å². The van der Waals surface area contributed by atoms with Crippen LogP contribution in [0, 0.1) is 0 Å². The fourth-order valence-electron chi connectivity index (χ4n) is 2.95. The summed E-state index contributed by atoms with van der Waals surface area (Å²) in [7, 11) is 0. The lowest BCUT2D eigenvalue weighted by molar-refractivity contribution is -0.277. The number of aromatic hydroxyl groups is 3. The van der Waals surface area contributed by atoms with Gasteiger partial charge in [-0.2, -0.15) is 0 Å². The lowest BCUT2D eigenvalue weighted by Crippen LogP contribution is -2.60. The Hall–Kier alpha value is -2.82. The van der Waals surface area contributed by atoms with E-state index in [-0.39, 0.29) is 23.0 Å². The molecule has 0 unspecified atom stereocenters. The topological polar surface area (TPSA) is 160 Å². The van der Waals surface area contributed by atoms with Crippen LogP contribution in [0.5, 0.6) is 23.0 Å². The monoisotopic (exact) mass is 406 g/mol. The molecule has 0 radical (unpaired) electrons. The third kappa shape index (κ3) is 4.78. The Kier molecular flexibility index (Phi) is 6.26. The van der Waals surface area contributed by atoms with E-state index >= 15 is 0 Å². The first kappa shape index (κ1) is 20.9. The van der Waals surface area contributed by atoms with Gasteiger partial charge in [-0.05, 0) is 29.8 Å². The van der Waals surface area contributed by atoms with Crippen molar-refractivity contribution in [1.82, 2.24) is 0 Å². The SMILES string of the molecule is OC[C@H]1O[C@@H](Oc2cc(O)ccc2C=Cc2cc(O)cc(O)c2)[C@H](O)[C@@H](O)[C@@H]1O. The molecule has 0 bridgehead atoms. The van der Waals surface area contributed by atoms with Crippen LogP contribution in [0.3, 0.4) is 0 Å². The second-order valence-electron chi connectivity index (χ2n) is 6.65. The fourth-order valence-corrected chi connectivity index (χ4v) is 2.95. The minimum Gasteiger partial charge on any atom is -0.508 e. The maximum Gasteiger partial charge on any atom is 0.229 e. The number of benzene rings is 2. The molecule has 29 heavy (non-hydrogen) atoms. The second-order valence-corrected chi connectivity index (χ2v) is 6.65. The standard InChI is InChI=1S/C20H22O9/c21-9-16-17(25)18(26)19(27)20(29-16)28-15-8-12(22)4-3-11(15)2-1-10-5-13(23)7-14(24)6-10/h1-8,16-27H,9H2/t16-,17-,18+,19-,20-/m1/s1. The maximum absolute atomic E-state index is 10.1. The number of hydrogen-bond acceptors (Lipinski definition) is 9. The maximum atomic E-state index is 10.1. The molecule has 9 heteroatoms. The smallest absolute Gasteiger partial charge is 0.229 e. The van der Waals surface area contributed by atoms with Gasteiger partial charge < -0.3 is 45.2 Å². The molecule has 9 nitrogen and oxygen atoms in total. The Balaban J connectivity index is 1.86. The number of aliphatic hydroxyl groups is 4. The van der Waals surface area contributed by atoms with Gasteiger partial charge in [0, 0.05) is 17.7 Å². The van der Waals surface area contributed by atoms with Crippen molar-refractivity contribution in [2.45, 2.75) is 30.7 Å². The van der Waals surface area contributed by atoms with E-state index < -0.39 is 37.3 Å². The van der Waals surface area contributed by atoms with Crippen LogP contribution in [0.1, 0.15) is 11.1 Å². The predicted molar refractivity (Wildman–Crippen MR) is 101 cm³/mol. The zero-order valence-corrected chi connectivity index (χ0v) is 15.2. The number of rotatable bonds is 5. The molecule has 0 amide bonds. The van der Waals surface area contributed by atoms with E-state index in [2.05, 4.69) is 0 Å². The van der Waals surface area contributed by atoms with Gasteiger partial charge in [-0.3, -0.25) is 0 Å². The van der Waals surface area contributed by atoms with Gasteiger partial charge in [0.1, 0.15) is 47.4 Å². The molecule has 0 saturated carbocycles. The van der Waals surface area contributed by atoms with Crippen molar-refractivity contribution in [2.24, 2.45) is 0 Å². The third-order valence-electron chi connectivity index (χ3n) is 4.47. The van der Waals surface area contributed by atoms with Gasteiger partial charge in [0.05, 0.1) is 6.61 Å². The summed E-state index contributed by atoms with van der Waals surface area (Å²) in [6, 6.07) is 8.23. The molecular formula is C20H22O9. The van der Waals surface area contributed by atoms with Gasteiger partial charge in [-0.1, -0.05) is 12.2 Å². The van der Waals surface area contributed by atoms with Crippen LogP contribution in [-0.4, -0.2) is 73.1 Å². The lowest BCUT2D eigenvalue weighted by atomic mass is 9.99. The van der Waals surface area contributed by atoms with Gasteiger partial charge >= 0.3 is 0 Å². The van der Waals surface area contributed by atoms with Gasteiger partial charge in [-0.15, -0.1) is 0 Å². The summed E-state index contributed by atoms with van der Waals surface area (Å²) in [5, 5.41) is 68.1. The van der Waals surface area contributed by atoms with Gasteiger partial charge in [-0.25, -0.2) is 0 Å². The van der Waals surface area contributed by atoms with Gasteiger partial charge in [0.2, 0.25) is 6.29 Å². The molecule has 1 aliphatic heterocycles. The van der Waals surface area contributed by atoms with Crippen LogP contribution in [0.4, 0.5) is 0 Å². The highest BCUT2D eigenvalue weighted by atomic mass is 16.7. The van der Waals surface area contributed by atoms with Crippen LogP contribution in [-0.2, 0) is 4.74 Å². The number of phenols is 3. The van der Waals surface area contributed by atoms with E-state index in [0.29, 0.717) is 11.1 Å². The molecule has 7 N–H and O–H groups in total. The van der Waals surface area contributed by atoms with Crippen LogP contribution in [0.2, 0.25) is 0 Å². The van der Waals surface area contributed by atoms with E-state index in [1.54, 1.807) is 12.2 Å². The molecule has 0 aliphatic carbocycles. The highest BCUT2D eigenvalue weighted by Crippen LogP contribution is 2.31. The van der Waals surface area contributed by atoms with Crippen LogP contribution in [0.25, 0.3) is 12.2 Å². The molecule has 2 aromatic rings. The summed E-state index contributed by atoms with van der Waals surface area (Å²) in [6.07, 6.45) is -4.11. The average molecular weight is 406 g/mol. The first-order chi connectivity index (χ1) is 13.8. The molecule has 1 fully saturated rings. The number of phenolic OH excluding ortho intramolecular Hbond substituents is 3.